The van der Waals surface area contributed by atoms with Crippen molar-refractivity contribution in [1.82, 2.24) is 24.9 Å². The molecule has 2 fully saturated rings. The molecule has 2 saturated carbocycles. The summed E-state index contributed by atoms with van der Waals surface area (Å²) >= 11 is 0. The van der Waals surface area contributed by atoms with Crippen molar-refractivity contribution >= 4 is 28.1 Å². The molecule has 8 nitrogen and oxygen atoms in total. The number of fused-ring (bicyclic) bond motifs is 2. The summed E-state index contributed by atoms with van der Waals surface area (Å²) in [4.78, 5) is 34.9. The SMILES string of the molecule is CC(NC(=O)c1c(N)nn2cccnc12)c1cc2cccc(C#CC3CCCC4(CCCCC4)C3)c2c(=O)[n-]1.[W]. The Labute approximate surface area is 247 Å². The first-order valence-corrected chi connectivity index (χ1v) is 13.9. The van der Waals surface area contributed by atoms with E-state index in [1.807, 2.05) is 24.3 Å². The van der Waals surface area contributed by atoms with E-state index >= 15 is 0 Å². The summed E-state index contributed by atoms with van der Waals surface area (Å²) in [6.45, 7) is 1.79. The summed E-state index contributed by atoms with van der Waals surface area (Å²) in [5, 5.41) is 8.34. The summed E-state index contributed by atoms with van der Waals surface area (Å²) < 4.78 is 1.46. The van der Waals surface area contributed by atoms with Crippen molar-refractivity contribution < 1.29 is 25.9 Å². The molecule has 40 heavy (non-hydrogen) atoms. The van der Waals surface area contributed by atoms with Crippen LogP contribution in [0.5, 0.6) is 0 Å². The van der Waals surface area contributed by atoms with Crippen molar-refractivity contribution in [2.45, 2.75) is 70.8 Å². The maximum absolute atomic E-state index is 13.2. The summed E-state index contributed by atoms with van der Waals surface area (Å²) in [7, 11) is 0. The minimum absolute atomic E-state index is 0. The largest absolute Gasteiger partial charge is 0.624 e. The number of carbonyl (C=O) groups is 1. The zero-order valence-electron chi connectivity index (χ0n) is 22.7. The van der Waals surface area contributed by atoms with Gasteiger partial charge in [-0.25, -0.2) is 9.50 Å². The summed E-state index contributed by atoms with van der Waals surface area (Å²) in [5.41, 5.74) is 7.90. The average molecular weight is 705 g/mol. The minimum Gasteiger partial charge on any atom is -0.624 e. The second-order valence-corrected chi connectivity index (χ2v) is 11.2. The van der Waals surface area contributed by atoms with E-state index in [9.17, 15) is 9.59 Å². The van der Waals surface area contributed by atoms with Gasteiger partial charge in [0.15, 0.2) is 11.5 Å². The Morgan fingerprint density at radius 1 is 1.20 bits per heavy atom. The molecule has 2 unspecified atom stereocenters. The maximum atomic E-state index is 13.2. The van der Waals surface area contributed by atoms with Gasteiger partial charge in [0, 0.05) is 56.4 Å². The Morgan fingerprint density at radius 2 is 2.00 bits per heavy atom. The first-order chi connectivity index (χ1) is 18.9. The molecular weight excluding hydrogens is 672 g/mol. The number of hydrogen-bond donors (Lipinski definition) is 2. The van der Waals surface area contributed by atoms with Gasteiger partial charge in [0.1, 0.15) is 5.56 Å². The summed E-state index contributed by atoms with van der Waals surface area (Å²) in [6.07, 6.45) is 14.9. The van der Waals surface area contributed by atoms with E-state index in [4.69, 9.17) is 5.73 Å². The van der Waals surface area contributed by atoms with Crippen molar-refractivity contribution in [2.75, 3.05) is 5.73 Å². The standard InChI is InChI=1S/C31H34N6O2.W/c1-20(34-30(39)26-27(32)36-37-17-7-16-33-28(26)37)24-18-23-10-5-9-22(25(23)29(38)35-24)12-11-21-8-6-15-31(19-21)13-3-2-4-14-31;/h5,7,9-10,16-18,20-21H,2-4,6,8,13-15,19H2,1H3,(H4,32,34,35,36,38,39);/p-1. The van der Waals surface area contributed by atoms with Gasteiger partial charge in [0.2, 0.25) is 0 Å². The van der Waals surface area contributed by atoms with Crippen LogP contribution in [0.3, 0.4) is 0 Å². The number of amides is 1. The van der Waals surface area contributed by atoms with Crippen molar-refractivity contribution in [3.05, 3.63) is 69.9 Å². The molecule has 3 aromatic heterocycles. The van der Waals surface area contributed by atoms with Crippen molar-refractivity contribution in [1.29, 1.82) is 0 Å². The number of nitrogens with zero attached hydrogens (tertiary/aromatic N) is 4. The van der Waals surface area contributed by atoms with Crippen molar-refractivity contribution in [2.24, 2.45) is 11.3 Å². The fourth-order valence-corrected chi connectivity index (χ4v) is 6.59. The number of nitrogens with two attached hydrogens (primary N) is 1. The van der Waals surface area contributed by atoms with Crippen LogP contribution < -0.4 is 21.6 Å². The number of carbonyl (C=O) groups excluding carboxylic acids is 1. The zero-order valence-corrected chi connectivity index (χ0v) is 25.6. The first-order valence-electron chi connectivity index (χ1n) is 13.9. The van der Waals surface area contributed by atoms with Crippen LogP contribution in [0.1, 0.15) is 92.4 Å². The first kappa shape index (κ1) is 28.1. The van der Waals surface area contributed by atoms with Gasteiger partial charge in [0.25, 0.3) is 5.91 Å². The number of nitrogens with one attached hydrogen (secondary N) is 1. The van der Waals surface area contributed by atoms with Gasteiger partial charge >= 0.3 is 0 Å². The molecule has 3 heterocycles. The number of hydrogen-bond acceptors (Lipinski definition) is 5. The third-order valence-electron chi connectivity index (χ3n) is 8.55. The summed E-state index contributed by atoms with van der Waals surface area (Å²) in [6, 6.07) is 8.75. The number of nitrogen functional groups attached to an aromatic ring is 1. The molecular formula is C31H33N6O2W-. The van der Waals surface area contributed by atoms with E-state index < -0.39 is 11.9 Å². The molecule has 0 radical (unpaired) electrons. The maximum Gasteiger partial charge on any atom is 0.259 e. The van der Waals surface area contributed by atoms with E-state index in [1.54, 1.807) is 25.4 Å². The molecule has 1 amide bonds. The number of rotatable bonds is 3. The van der Waals surface area contributed by atoms with E-state index in [1.165, 1.54) is 55.9 Å². The van der Waals surface area contributed by atoms with Gasteiger partial charge in [-0.2, -0.15) is 0 Å². The van der Waals surface area contributed by atoms with E-state index in [0.29, 0.717) is 28.1 Å². The molecule has 2 atom stereocenters. The van der Waals surface area contributed by atoms with Gasteiger partial charge in [-0.05, 0) is 62.0 Å². The minimum atomic E-state index is -0.531. The Morgan fingerprint density at radius 3 is 2.83 bits per heavy atom. The molecule has 0 aliphatic heterocycles. The van der Waals surface area contributed by atoms with Crippen LogP contribution in [0.2, 0.25) is 0 Å². The number of benzene rings is 1. The number of aromatic nitrogens is 4. The molecule has 9 heteroatoms. The van der Waals surface area contributed by atoms with Gasteiger partial charge in [-0.1, -0.05) is 55.7 Å². The van der Waals surface area contributed by atoms with Crippen molar-refractivity contribution in [3.8, 4) is 11.8 Å². The molecule has 2 aliphatic rings. The molecule has 1 aromatic carbocycles. The van der Waals surface area contributed by atoms with Crippen LogP contribution in [0.4, 0.5) is 5.82 Å². The molecule has 2 aliphatic carbocycles. The third-order valence-corrected chi connectivity index (χ3v) is 8.55. The van der Waals surface area contributed by atoms with E-state index in [-0.39, 0.29) is 38.0 Å². The molecule has 6 rings (SSSR count). The van der Waals surface area contributed by atoms with Crippen LogP contribution in [0.15, 0.2) is 47.5 Å². The fourth-order valence-electron chi connectivity index (χ4n) is 6.59. The van der Waals surface area contributed by atoms with Gasteiger partial charge in [-0.15, -0.1) is 10.8 Å². The molecule has 4 aromatic rings. The molecule has 3 N–H and O–H groups in total. The van der Waals surface area contributed by atoms with Crippen LogP contribution in [-0.2, 0) is 21.1 Å². The second-order valence-electron chi connectivity index (χ2n) is 11.2. The Kier molecular flexibility index (Phi) is 8.14. The van der Waals surface area contributed by atoms with Crippen LogP contribution >= 0.6 is 0 Å². The second kappa shape index (κ2) is 11.6. The molecule has 1 spiro atoms. The molecule has 0 bridgehead atoms. The summed E-state index contributed by atoms with van der Waals surface area (Å²) in [5.74, 6) is 6.93. The monoisotopic (exact) mass is 705 g/mol. The quantitative estimate of drug-likeness (QED) is 0.297. The predicted octanol–water partition coefficient (Wildman–Crippen LogP) is 4.76. The number of pyridine rings is 1. The smallest absolute Gasteiger partial charge is 0.259 e. The predicted molar refractivity (Wildman–Crippen MR) is 151 cm³/mol. The number of anilines is 1. The van der Waals surface area contributed by atoms with Gasteiger partial charge in [-0.3, -0.25) is 4.79 Å². The molecule has 0 saturated heterocycles. The van der Waals surface area contributed by atoms with Crippen LogP contribution in [-0.4, -0.2) is 20.5 Å². The van der Waals surface area contributed by atoms with E-state index in [2.05, 4.69) is 32.2 Å². The normalized spacial score (nSPS) is 19.0. The molecule has 206 valence electrons. The van der Waals surface area contributed by atoms with Crippen LogP contribution in [0, 0.1) is 23.2 Å². The fraction of sp³-hybridized carbons (Fsp3) is 0.419. The Bertz CT molecular complexity index is 1670. The van der Waals surface area contributed by atoms with Crippen molar-refractivity contribution in [3.63, 3.8) is 0 Å². The Hall–Kier alpha value is -3.43. The van der Waals surface area contributed by atoms with Gasteiger partial charge in [0.05, 0.1) is 5.56 Å². The average Bonchev–Trinajstić information content (AvgIpc) is 3.28. The third kappa shape index (κ3) is 5.45. The Balaban J connectivity index is 0.00000323. The van der Waals surface area contributed by atoms with E-state index in [0.717, 1.165) is 17.4 Å². The zero-order chi connectivity index (χ0) is 27.0. The van der Waals surface area contributed by atoms with Crippen LogP contribution in [0.25, 0.3) is 16.4 Å². The van der Waals surface area contributed by atoms with Gasteiger partial charge < -0.3 is 20.8 Å². The topological polar surface area (TPSA) is 116 Å².